The summed E-state index contributed by atoms with van der Waals surface area (Å²) in [6.45, 7) is 7.41. The number of aliphatic hydroxyl groups excluding tert-OH is 1. The number of rotatable bonds is 9. The van der Waals surface area contributed by atoms with Gasteiger partial charge in [-0.05, 0) is 37.5 Å². The van der Waals surface area contributed by atoms with Crippen LogP contribution in [0.4, 0.5) is 0 Å². The van der Waals surface area contributed by atoms with Crippen LogP contribution < -0.4 is 4.74 Å². The largest absolute Gasteiger partial charge is 0.487 e. The molecule has 0 radical (unpaired) electrons. The average molecular weight is 511 g/mol. The molecule has 4 heterocycles. The molecule has 3 aromatic rings. The highest BCUT2D eigenvalue weighted by Crippen LogP contribution is 2.22. The lowest BCUT2D eigenvalue weighted by Gasteiger charge is -2.32. The highest BCUT2D eigenvalue weighted by Gasteiger charge is 2.29. The molecule has 2 aliphatic rings. The molecule has 2 saturated heterocycles. The van der Waals surface area contributed by atoms with Gasteiger partial charge in [0.05, 0.1) is 55.5 Å². The molecule has 2 aromatic heterocycles. The SMILES string of the molecule is CCC(O)c1ccc(OCc2cn(CC3CN(C(=O)c4cn(C5CCOC5)nc4C)CCO3)nn2)cc1. The monoisotopic (exact) mass is 510 g/mol. The van der Waals surface area contributed by atoms with Crippen molar-refractivity contribution in [3.8, 4) is 5.75 Å². The van der Waals surface area contributed by atoms with Crippen molar-refractivity contribution in [2.75, 3.05) is 32.9 Å². The van der Waals surface area contributed by atoms with Crippen LogP contribution in [0.5, 0.6) is 5.75 Å². The van der Waals surface area contributed by atoms with Crippen LogP contribution in [0.25, 0.3) is 0 Å². The normalized spacial score (nSPS) is 20.8. The minimum Gasteiger partial charge on any atom is -0.487 e. The Morgan fingerprint density at radius 3 is 2.84 bits per heavy atom. The number of benzene rings is 1. The van der Waals surface area contributed by atoms with E-state index in [9.17, 15) is 9.90 Å². The van der Waals surface area contributed by atoms with Crippen LogP contribution in [0, 0.1) is 6.92 Å². The molecule has 1 aromatic carbocycles. The van der Waals surface area contributed by atoms with E-state index in [-0.39, 0.29) is 24.7 Å². The van der Waals surface area contributed by atoms with Gasteiger partial charge in [-0.25, -0.2) is 4.68 Å². The molecule has 3 atom stereocenters. The van der Waals surface area contributed by atoms with Crippen LogP contribution in [-0.2, 0) is 22.6 Å². The zero-order chi connectivity index (χ0) is 25.8. The van der Waals surface area contributed by atoms with Gasteiger partial charge in [-0.2, -0.15) is 5.10 Å². The fourth-order valence-electron chi connectivity index (χ4n) is 4.68. The highest BCUT2D eigenvalue weighted by atomic mass is 16.5. The van der Waals surface area contributed by atoms with Crippen LogP contribution >= 0.6 is 0 Å². The zero-order valence-corrected chi connectivity index (χ0v) is 21.3. The lowest BCUT2D eigenvalue weighted by molar-refractivity contribution is -0.0302. The van der Waals surface area contributed by atoms with Crippen LogP contribution in [0.3, 0.4) is 0 Å². The van der Waals surface area contributed by atoms with Gasteiger partial charge in [-0.15, -0.1) is 5.10 Å². The molecule has 1 amide bonds. The van der Waals surface area contributed by atoms with Crippen molar-refractivity contribution in [3.05, 3.63) is 59.2 Å². The number of aromatic nitrogens is 5. The third-order valence-corrected chi connectivity index (χ3v) is 6.87. The maximum absolute atomic E-state index is 13.3. The summed E-state index contributed by atoms with van der Waals surface area (Å²) in [4.78, 5) is 15.1. The summed E-state index contributed by atoms with van der Waals surface area (Å²) >= 11 is 0. The van der Waals surface area contributed by atoms with Gasteiger partial charge in [0.25, 0.3) is 5.91 Å². The van der Waals surface area contributed by atoms with E-state index in [1.165, 1.54) is 0 Å². The molecule has 0 saturated carbocycles. The smallest absolute Gasteiger partial charge is 0.257 e. The number of amides is 1. The number of hydrogen-bond acceptors (Lipinski definition) is 8. The Hall–Kier alpha value is -3.28. The van der Waals surface area contributed by atoms with Crippen molar-refractivity contribution >= 4 is 5.91 Å². The number of hydrogen-bond donors (Lipinski definition) is 1. The van der Waals surface area contributed by atoms with E-state index in [1.54, 1.807) is 4.68 Å². The van der Waals surface area contributed by atoms with E-state index in [2.05, 4.69) is 15.4 Å². The van der Waals surface area contributed by atoms with Crippen molar-refractivity contribution in [2.24, 2.45) is 0 Å². The molecule has 11 heteroatoms. The summed E-state index contributed by atoms with van der Waals surface area (Å²) < 4.78 is 20.8. The lowest BCUT2D eigenvalue weighted by Crippen LogP contribution is -2.47. The lowest BCUT2D eigenvalue weighted by atomic mass is 10.1. The van der Waals surface area contributed by atoms with Gasteiger partial charge in [-0.3, -0.25) is 9.48 Å². The third-order valence-electron chi connectivity index (χ3n) is 6.87. The second-order valence-electron chi connectivity index (χ2n) is 9.58. The maximum atomic E-state index is 13.3. The van der Waals surface area contributed by atoms with E-state index < -0.39 is 6.10 Å². The molecule has 0 aliphatic carbocycles. The standard InChI is InChI=1S/C26H34N6O5/c1-3-25(33)19-4-6-22(7-5-19)37-16-20-12-31(29-27-20)14-23-13-30(9-11-36-23)26(34)24-15-32(28-18(24)2)21-8-10-35-17-21/h4-7,12,15,21,23,25,33H,3,8-11,13-14,16-17H2,1-2H3. The van der Waals surface area contributed by atoms with Crippen LogP contribution in [0.15, 0.2) is 36.7 Å². The molecule has 37 heavy (non-hydrogen) atoms. The number of aryl methyl sites for hydroxylation is 1. The van der Waals surface area contributed by atoms with E-state index in [1.807, 2.05) is 60.1 Å². The van der Waals surface area contributed by atoms with Crippen molar-refractivity contribution < 1.29 is 24.1 Å². The molecular weight excluding hydrogens is 476 g/mol. The fourth-order valence-corrected chi connectivity index (χ4v) is 4.68. The first kappa shape index (κ1) is 25.4. The number of carbonyl (C=O) groups is 1. The molecule has 0 bridgehead atoms. The second-order valence-corrected chi connectivity index (χ2v) is 9.58. The van der Waals surface area contributed by atoms with E-state index in [4.69, 9.17) is 14.2 Å². The van der Waals surface area contributed by atoms with Crippen molar-refractivity contribution in [1.82, 2.24) is 29.7 Å². The molecule has 0 spiro atoms. The van der Waals surface area contributed by atoms with Gasteiger partial charge in [0.1, 0.15) is 18.1 Å². The quantitative estimate of drug-likeness (QED) is 0.466. The van der Waals surface area contributed by atoms with Crippen molar-refractivity contribution in [3.63, 3.8) is 0 Å². The summed E-state index contributed by atoms with van der Waals surface area (Å²) in [7, 11) is 0. The molecule has 2 fully saturated rings. The molecule has 2 aliphatic heterocycles. The molecule has 11 nitrogen and oxygen atoms in total. The van der Waals surface area contributed by atoms with Gasteiger partial charge in [-0.1, -0.05) is 24.3 Å². The number of aliphatic hydroxyl groups is 1. The summed E-state index contributed by atoms with van der Waals surface area (Å²) in [6, 6.07) is 7.60. The van der Waals surface area contributed by atoms with E-state index in [0.29, 0.717) is 56.3 Å². The van der Waals surface area contributed by atoms with Gasteiger partial charge in [0.15, 0.2) is 0 Å². The predicted octanol–water partition coefficient (Wildman–Crippen LogP) is 2.31. The first-order chi connectivity index (χ1) is 18.0. The van der Waals surface area contributed by atoms with Crippen molar-refractivity contribution in [1.29, 1.82) is 0 Å². The molecule has 5 rings (SSSR count). The average Bonchev–Trinajstić information content (AvgIpc) is 3.69. The van der Waals surface area contributed by atoms with E-state index >= 15 is 0 Å². The molecule has 1 N–H and O–H groups in total. The van der Waals surface area contributed by atoms with Gasteiger partial charge in [0.2, 0.25) is 0 Å². The van der Waals surface area contributed by atoms with E-state index in [0.717, 1.165) is 24.3 Å². The zero-order valence-electron chi connectivity index (χ0n) is 21.3. The summed E-state index contributed by atoms with van der Waals surface area (Å²) in [6.07, 6.45) is 4.61. The van der Waals surface area contributed by atoms with Gasteiger partial charge >= 0.3 is 0 Å². The first-order valence-electron chi connectivity index (χ1n) is 12.8. The van der Waals surface area contributed by atoms with Crippen LogP contribution in [-0.4, -0.2) is 79.7 Å². The third kappa shape index (κ3) is 6.00. The Morgan fingerprint density at radius 2 is 2.08 bits per heavy atom. The Bertz CT molecular complexity index is 1190. The van der Waals surface area contributed by atoms with Gasteiger partial charge < -0.3 is 24.2 Å². The highest BCUT2D eigenvalue weighted by molar-refractivity contribution is 5.95. The summed E-state index contributed by atoms with van der Waals surface area (Å²) in [5.41, 5.74) is 2.93. The number of carbonyl (C=O) groups excluding carboxylic acids is 1. The Morgan fingerprint density at radius 1 is 1.24 bits per heavy atom. The Balaban J connectivity index is 1.14. The van der Waals surface area contributed by atoms with Gasteiger partial charge in [0, 0.05) is 25.9 Å². The van der Waals surface area contributed by atoms with Crippen LogP contribution in [0.1, 0.15) is 59.2 Å². The van der Waals surface area contributed by atoms with Crippen LogP contribution in [0.2, 0.25) is 0 Å². The molecular formula is C26H34N6O5. The fraction of sp³-hybridized carbons (Fsp3) is 0.538. The molecule has 198 valence electrons. The summed E-state index contributed by atoms with van der Waals surface area (Å²) in [5, 5.41) is 22.9. The number of ether oxygens (including phenoxy) is 3. The minimum atomic E-state index is -0.462. The summed E-state index contributed by atoms with van der Waals surface area (Å²) in [5.74, 6) is 0.673. The number of nitrogens with zero attached hydrogens (tertiary/aromatic N) is 6. The first-order valence-corrected chi connectivity index (χ1v) is 12.8. The molecule has 3 unspecified atom stereocenters. The Labute approximate surface area is 215 Å². The van der Waals surface area contributed by atoms with Crippen molar-refractivity contribution in [2.45, 2.75) is 58.1 Å². The maximum Gasteiger partial charge on any atom is 0.257 e. The predicted molar refractivity (Wildman–Crippen MR) is 133 cm³/mol. The topological polar surface area (TPSA) is 117 Å². The Kier molecular flexibility index (Phi) is 7.82. The second kappa shape index (κ2) is 11.4. The minimum absolute atomic E-state index is 0.0267. The number of morpholine rings is 1.